The minimum absolute atomic E-state index is 0.176. The van der Waals surface area contributed by atoms with Crippen molar-refractivity contribution >= 4 is 35.4 Å². The molecule has 290 valence electrons. The molecule has 4 heterocycles. The van der Waals surface area contributed by atoms with Gasteiger partial charge in [-0.25, -0.2) is 0 Å². The topological polar surface area (TPSA) is 139 Å². The van der Waals surface area contributed by atoms with E-state index >= 15 is 0 Å². The van der Waals surface area contributed by atoms with Crippen LogP contribution in [0.25, 0.3) is 0 Å². The van der Waals surface area contributed by atoms with Crippen LogP contribution in [0.1, 0.15) is 82.8 Å². The molecule has 12 nitrogen and oxygen atoms in total. The van der Waals surface area contributed by atoms with Crippen molar-refractivity contribution in [3.8, 4) is 0 Å². The Morgan fingerprint density at radius 2 is 1.11 bits per heavy atom. The molecule has 0 radical (unpaired) electrons. The first-order valence-electron chi connectivity index (χ1n) is 20.0. The maximum Gasteiger partial charge on any atom is 0.246 e. The molecule has 12 heteroatoms. The molecule has 6 rings (SSSR count). The summed E-state index contributed by atoms with van der Waals surface area (Å²) in [5.74, 6) is -2.45. The molecule has 4 fully saturated rings. The number of nitrogens with one attached hydrogen (secondary N) is 2. The van der Waals surface area contributed by atoms with Crippen molar-refractivity contribution in [3.05, 3.63) is 71.8 Å². The van der Waals surface area contributed by atoms with Gasteiger partial charge in [0.1, 0.15) is 36.3 Å². The summed E-state index contributed by atoms with van der Waals surface area (Å²) in [6.07, 6.45) is 5.84. The number of fused-ring (bicyclic) bond motifs is 3. The number of rotatable bonds is 6. The zero-order valence-corrected chi connectivity index (χ0v) is 32.0. The average Bonchev–Trinajstić information content (AvgIpc) is 3.71. The molecule has 0 bridgehead atoms. The Kier molecular flexibility index (Phi) is 12.7. The third-order valence-corrected chi connectivity index (χ3v) is 12.0. The van der Waals surface area contributed by atoms with Gasteiger partial charge in [0.2, 0.25) is 35.4 Å². The number of hydrogen-bond acceptors (Lipinski definition) is 6. The van der Waals surface area contributed by atoms with Gasteiger partial charge in [0.25, 0.3) is 0 Å². The number of benzene rings is 2. The predicted octanol–water partition coefficient (Wildman–Crippen LogP) is 3.08. The standard InChI is InChI=1S/C42H56N6O6/c1-4-28(2)36-42(54)48-24-14-12-21-34(48)40(52)47-23-13-11-20-33(47)39(51)45(3)35(27-30-18-9-6-10-19-30)41(53)46-25-15-22-32(46)38(50)43-31(37(49)44-36)26-29-16-7-5-8-17-29/h5-10,16-19,28,31-36H,4,11-15,20-27H2,1-3H3,(H,43,50)(H,44,49)/t28-,31+,32-,33-,34+,35-,36-/m0/s1. The molecule has 0 aromatic heterocycles. The average molecular weight is 741 g/mol. The van der Waals surface area contributed by atoms with Gasteiger partial charge in [0, 0.05) is 39.5 Å². The van der Waals surface area contributed by atoms with E-state index < -0.39 is 48.1 Å². The summed E-state index contributed by atoms with van der Waals surface area (Å²) in [5.41, 5.74) is 1.69. The molecule has 0 unspecified atom stereocenters. The SMILES string of the molecule is CC[C@H](C)[C@@H]1NC(=O)[C@@H](Cc2ccccc2)NC(=O)[C@@H]2CCCN2C(=O)[C@H](Cc2ccccc2)N(C)C(=O)[C@@H]2CCCCN2C(=O)[C@H]2CCCCN2C1=O. The molecule has 0 saturated carbocycles. The van der Waals surface area contributed by atoms with E-state index in [-0.39, 0.29) is 42.4 Å². The van der Waals surface area contributed by atoms with Crippen LogP contribution in [0.5, 0.6) is 0 Å². The third kappa shape index (κ3) is 8.47. The predicted molar refractivity (Wildman–Crippen MR) is 204 cm³/mol. The van der Waals surface area contributed by atoms with E-state index in [1.54, 1.807) is 21.7 Å². The van der Waals surface area contributed by atoms with Crippen LogP contribution in [0, 0.1) is 5.92 Å². The number of piperidine rings is 2. The lowest BCUT2D eigenvalue weighted by atomic mass is 9.92. The van der Waals surface area contributed by atoms with Crippen molar-refractivity contribution in [1.82, 2.24) is 30.2 Å². The number of hydrogen-bond donors (Lipinski definition) is 2. The van der Waals surface area contributed by atoms with E-state index in [9.17, 15) is 28.8 Å². The highest BCUT2D eigenvalue weighted by Crippen LogP contribution is 2.29. The van der Waals surface area contributed by atoms with Gasteiger partial charge in [-0.15, -0.1) is 0 Å². The quantitative estimate of drug-likeness (QED) is 0.467. The van der Waals surface area contributed by atoms with Gasteiger partial charge < -0.3 is 30.2 Å². The fourth-order valence-corrected chi connectivity index (χ4v) is 8.65. The molecule has 2 aromatic carbocycles. The summed E-state index contributed by atoms with van der Waals surface area (Å²) in [4.78, 5) is 93.5. The first kappa shape index (κ1) is 39.0. The van der Waals surface area contributed by atoms with Crippen LogP contribution in [0.4, 0.5) is 0 Å². The van der Waals surface area contributed by atoms with Crippen LogP contribution in [0.2, 0.25) is 0 Å². The van der Waals surface area contributed by atoms with Crippen LogP contribution < -0.4 is 10.6 Å². The Hall–Kier alpha value is -4.74. The number of carbonyl (C=O) groups excluding carboxylic acids is 6. The van der Waals surface area contributed by atoms with Crippen molar-refractivity contribution in [2.24, 2.45) is 5.92 Å². The lowest BCUT2D eigenvalue weighted by Gasteiger charge is -2.44. The molecule has 0 aliphatic carbocycles. The van der Waals surface area contributed by atoms with Crippen LogP contribution in [0.3, 0.4) is 0 Å². The smallest absolute Gasteiger partial charge is 0.246 e. The summed E-state index contributed by atoms with van der Waals surface area (Å²) >= 11 is 0. The Morgan fingerprint density at radius 1 is 0.593 bits per heavy atom. The van der Waals surface area contributed by atoms with Crippen molar-refractivity contribution in [2.75, 3.05) is 26.7 Å². The lowest BCUT2D eigenvalue weighted by Crippen LogP contribution is -2.64. The minimum atomic E-state index is -1.03. The van der Waals surface area contributed by atoms with Gasteiger partial charge in [-0.3, -0.25) is 28.8 Å². The maximum atomic E-state index is 14.7. The molecule has 54 heavy (non-hydrogen) atoms. The molecular weight excluding hydrogens is 684 g/mol. The fraction of sp³-hybridized carbons (Fsp3) is 0.571. The highest BCUT2D eigenvalue weighted by molar-refractivity contribution is 5.98. The Labute approximate surface area is 319 Å². The largest absolute Gasteiger partial charge is 0.342 e. The van der Waals surface area contributed by atoms with Crippen molar-refractivity contribution < 1.29 is 28.8 Å². The Balaban J connectivity index is 1.42. The van der Waals surface area contributed by atoms with Crippen LogP contribution in [-0.2, 0) is 41.6 Å². The van der Waals surface area contributed by atoms with Gasteiger partial charge in [0.15, 0.2) is 0 Å². The molecule has 7 atom stereocenters. The Morgan fingerprint density at radius 3 is 1.72 bits per heavy atom. The van der Waals surface area contributed by atoms with Gasteiger partial charge in [0.05, 0.1) is 0 Å². The van der Waals surface area contributed by atoms with Crippen molar-refractivity contribution in [1.29, 1.82) is 0 Å². The summed E-state index contributed by atoms with van der Waals surface area (Å²) in [6, 6.07) is 13.5. The summed E-state index contributed by atoms with van der Waals surface area (Å²) in [5, 5.41) is 6.00. The second-order valence-electron chi connectivity index (χ2n) is 15.6. The second-order valence-corrected chi connectivity index (χ2v) is 15.6. The molecule has 4 saturated heterocycles. The Bertz CT molecular complexity index is 1670. The van der Waals surface area contributed by atoms with Gasteiger partial charge >= 0.3 is 0 Å². The molecule has 2 aromatic rings. The normalized spacial score (nSPS) is 28.4. The highest BCUT2D eigenvalue weighted by atomic mass is 16.2. The number of amides is 6. The molecule has 6 amide bonds. The van der Waals surface area contributed by atoms with Crippen LogP contribution in [-0.4, -0.2) is 118 Å². The first-order chi connectivity index (χ1) is 26.1. The van der Waals surface area contributed by atoms with E-state index in [0.29, 0.717) is 51.7 Å². The monoisotopic (exact) mass is 740 g/mol. The summed E-state index contributed by atoms with van der Waals surface area (Å²) < 4.78 is 0. The minimum Gasteiger partial charge on any atom is -0.342 e. The number of likely N-dealkylation sites (N-methyl/N-ethyl adjacent to an activating group) is 1. The molecule has 2 N–H and O–H groups in total. The van der Waals surface area contributed by atoms with E-state index in [2.05, 4.69) is 10.6 Å². The maximum absolute atomic E-state index is 14.7. The third-order valence-electron chi connectivity index (χ3n) is 12.0. The van der Waals surface area contributed by atoms with E-state index in [4.69, 9.17) is 0 Å². The second kappa shape index (κ2) is 17.6. The van der Waals surface area contributed by atoms with E-state index in [1.807, 2.05) is 74.5 Å². The van der Waals surface area contributed by atoms with Gasteiger partial charge in [-0.1, -0.05) is 80.9 Å². The van der Waals surface area contributed by atoms with Crippen molar-refractivity contribution in [2.45, 2.75) is 121 Å². The van der Waals surface area contributed by atoms with Crippen molar-refractivity contribution in [3.63, 3.8) is 0 Å². The van der Waals surface area contributed by atoms with E-state index in [0.717, 1.165) is 36.8 Å². The van der Waals surface area contributed by atoms with E-state index in [1.165, 1.54) is 4.90 Å². The summed E-state index contributed by atoms with van der Waals surface area (Å²) in [7, 11) is 1.63. The van der Waals surface area contributed by atoms with Crippen LogP contribution in [0.15, 0.2) is 60.7 Å². The van der Waals surface area contributed by atoms with Crippen LogP contribution >= 0.6 is 0 Å². The fourth-order valence-electron chi connectivity index (χ4n) is 8.65. The molecular formula is C42H56N6O6. The first-order valence-corrected chi connectivity index (χ1v) is 20.0. The highest BCUT2D eigenvalue weighted by Gasteiger charge is 2.46. The zero-order valence-electron chi connectivity index (χ0n) is 32.0. The number of nitrogens with zero attached hydrogens (tertiary/aromatic N) is 4. The summed E-state index contributed by atoms with van der Waals surface area (Å²) in [6.45, 7) is 4.92. The molecule has 4 aliphatic rings. The van der Waals surface area contributed by atoms with Gasteiger partial charge in [-0.05, 0) is 68.4 Å². The molecule has 4 aliphatic heterocycles. The molecule has 0 spiro atoms. The number of carbonyl (C=O) groups is 6. The zero-order chi connectivity index (χ0) is 38.4. The van der Waals surface area contributed by atoms with Gasteiger partial charge in [-0.2, -0.15) is 0 Å². The lowest BCUT2D eigenvalue weighted by molar-refractivity contribution is -0.158.